The van der Waals surface area contributed by atoms with Gasteiger partial charge in [0.25, 0.3) is 6.08 Å². The van der Waals surface area contributed by atoms with Crippen LogP contribution in [-0.4, -0.2) is 11.1 Å². The number of carboxylic acids is 1. The molecule has 0 aliphatic heterocycles. The number of benzene rings is 2. The zero-order valence-electron chi connectivity index (χ0n) is 20.3. The van der Waals surface area contributed by atoms with Gasteiger partial charge in [0.2, 0.25) is 0 Å². The van der Waals surface area contributed by atoms with E-state index in [1.165, 1.54) is 11.1 Å². The summed E-state index contributed by atoms with van der Waals surface area (Å²) < 4.78 is 34.2. The standard InChI is InChI=1S/C30H34F2O3/c1-30-15-14-24-23-13-11-22(35-18-19-6-3-2-4-7-19)16-20(23)10-12-25(24)28(30)21(8-5-9-27(33)34)17-26(30)29(31)32/h2-4,6-7,11,13,16,21,24-25,28H,5,8-10,12,14-15,17-18H2,1H3,(H,33,34)/t21?,24-,25-,28+,30-/m1/s1. The number of hydrogen-bond acceptors (Lipinski definition) is 2. The maximum Gasteiger partial charge on any atom is 0.303 e. The minimum absolute atomic E-state index is 0.111. The molecule has 3 aliphatic carbocycles. The second-order valence-electron chi connectivity index (χ2n) is 10.9. The lowest BCUT2D eigenvalue weighted by molar-refractivity contribution is -0.137. The molecule has 0 aromatic heterocycles. The molecule has 5 rings (SSSR count). The maximum absolute atomic E-state index is 14.1. The van der Waals surface area contributed by atoms with Crippen molar-refractivity contribution in [2.45, 2.75) is 70.8 Å². The van der Waals surface area contributed by atoms with Gasteiger partial charge in [0, 0.05) is 12.0 Å². The lowest BCUT2D eigenvalue weighted by Gasteiger charge is -2.51. The van der Waals surface area contributed by atoms with E-state index in [2.05, 4.69) is 37.3 Å². The summed E-state index contributed by atoms with van der Waals surface area (Å²) in [6.07, 6.45) is 3.93. The van der Waals surface area contributed by atoms with E-state index < -0.39 is 17.5 Å². The van der Waals surface area contributed by atoms with Crippen molar-refractivity contribution in [3.63, 3.8) is 0 Å². The van der Waals surface area contributed by atoms with Crippen LogP contribution in [0, 0.1) is 23.2 Å². The summed E-state index contributed by atoms with van der Waals surface area (Å²) in [5, 5.41) is 9.09. The Labute approximate surface area is 206 Å². The molecule has 5 atom stereocenters. The van der Waals surface area contributed by atoms with Gasteiger partial charge < -0.3 is 9.84 Å². The van der Waals surface area contributed by atoms with Crippen LogP contribution in [0.4, 0.5) is 8.78 Å². The summed E-state index contributed by atoms with van der Waals surface area (Å²) in [5.74, 6) is 1.14. The number of rotatable bonds is 7. The predicted molar refractivity (Wildman–Crippen MR) is 131 cm³/mol. The highest BCUT2D eigenvalue weighted by molar-refractivity contribution is 5.66. The molecule has 0 heterocycles. The number of aryl methyl sites for hydroxylation is 1. The fraction of sp³-hybridized carbons (Fsp3) is 0.500. The van der Waals surface area contributed by atoms with Crippen LogP contribution in [0.2, 0.25) is 0 Å². The maximum atomic E-state index is 14.1. The molecule has 0 radical (unpaired) electrons. The Bertz CT molecular complexity index is 1110. The van der Waals surface area contributed by atoms with Crippen molar-refractivity contribution in [2.24, 2.45) is 23.2 Å². The molecule has 2 aromatic rings. The van der Waals surface area contributed by atoms with Crippen LogP contribution in [0.1, 0.15) is 74.5 Å². The fourth-order valence-electron chi connectivity index (χ4n) is 7.57. The Morgan fingerprint density at radius 2 is 1.94 bits per heavy atom. The molecule has 0 spiro atoms. The number of halogens is 2. The molecule has 186 valence electrons. The second kappa shape index (κ2) is 9.75. The Kier molecular flexibility index (Phi) is 6.69. The third-order valence-electron chi connectivity index (χ3n) is 9.05. The minimum Gasteiger partial charge on any atom is -0.489 e. The topological polar surface area (TPSA) is 46.5 Å². The Hall–Kier alpha value is -2.69. The monoisotopic (exact) mass is 480 g/mol. The molecule has 0 saturated heterocycles. The predicted octanol–water partition coefficient (Wildman–Crippen LogP) is 7.75. The molecule has 0 amide bonds. The average molecular weight is 481 g/mol. The normalized spacial score (nSPS) is 29.2. The average Bonchev–Trinajstić information content (AvgIpc) is 3.15. The van der Waals surface area contributed by atoms with Gasteiger partial charge in [0.1, 0.15) is 12.4 Å². The minimum atomic E-state index is -1.51. The van der Waals surface area contributed by atoms with Crippen molar-refractivity contribution in [2.75, 3.05) is 0 Å². The van der Waals surface area contributed by atoms with E-state index in [0.29, 0.717) is 43.3 Å². The van der Waals surface area contributed by atoms with Crippen molar-refractivity contribution in [3.8, 4) is 5.75 Å². The van der Waals surface area contributed by atoms with Crippen LogP contribution in [-0.2, 0) is 17.8 Å². The zero-order chi connectivity index (χ0) is 24.6. The molecule has 1 unspecified atom stereocenters. The second-order valence-corrected chi connectivity index (χ2v) is 10.9. The summed E-state index contributed by atoms with van der Waals surface area (Å²) in [7, 11) is 0. The van der Waals surface area contributed by atoms with Gasteiger partial charge in [-0.05, 0) is 103 Å². The van der Waals surface area contributed by atoms with Gasteiger partial charge in [-0.2, -0.15) is 8.78 Å². The summed E-state index contributed by atoms with van der Waals surface area (Å²) in [4.78, 5) is 11.1. The van der Waals surface area contributed by atoms with Gasteiger partial charge in [0.15, 0.2) is 0 Å². The van der Waals surface area contributed by atoms with E-state index >= 15 is 0 Å². The van der Waals surface area contributed by atoms with E-state index in [0.717, 1.165) is 37.0 Å². The first-order valence-electron chi connectivity index (χ1n) is 12.9. The lowest BCUT2D eigenvalue weighted by atomic mass is 9.53. The number of carboxylic acid groups (broad SMARTS) is 1. The summed E-state index contributed by atoms with van der Waals surface area (Å²) >= 11 is 0. The first-order valence-corrected chi connectivity index (χ1v) is 12.9. The lowest BCUT2D eigenvalue weighted by Crippen LogP contribution is -2.42. The smallest absolute Gasteiger partial charge is 0.303 e. The molecule has 3 aliphatic rings. The van der Waals surface area contributed by atoms with Gasteiger partial charge in [-0.3, -0.25) is 4.79 Å². The molecule has 2 saturated carbocycles. The largest absolute Gasteiger partial charge is 0.489 e. The van der Waals surface area contributed by atoms with Crippen LogP contribution >= 0.6 is 0 Å². The van der Waals surface area contributed by atoms with E-state index in [9.17, 15) is 13.6 Å². The summed E-state index contributed by atoms with van der Waals surface area (Å²) in [6.45, 7) is 2.59. The van der Waals surface area contributed by atoms with Crippen LogP contribution < -0.4 is 4.74 Å². The highest BCUT2D eigenvalue weighted by Gasteiger charge is 2.57. The van der Waals surface area contributed by atoms with E-state index in [4.69, 9.17) is 9.84 Å². The molecule has 35 heavy (non-hydrogen) atoms. The molecule has 3 nitrogen and oxygen atoms in total. The summed E-state index contributed by atoms with van der Waals surface area (Å²) in [5.41, 5.74) is 3.70. The number of ether oxygens (including phenoxy) is 1. The molecule has 2 aromatic carbocycles. The van der Waals surface area contributed by atoms with Crippen molar-refractivity contribution in [1.29, 1.82) is 0 Å². The molecule has 1 N–H and O–H groups in total. The van der Waals surface area contributed by atoms with E-state index in [-0.39, 0.29) is 18.3 Å². The van der Waals surface area contributed by atoms with Crippen molar-refractivity contribution < 1.29 is 23.4 Å². The Morgan fingerprint density at radius 3 is 2.69 bits per heavy atom. The van der Waals surface area contributed by atoms with Crippen LogP contribution in [0.5, 0.6) is 5.75 Å². The van der Waals surface area contributed by atoms with Gasteiger partial charge in [-0.1, -0.05) is 43.3 Å². The van der Waals surface area contributed by atoms with Crippen LogP contribution in [0.3, 0.4) is 0 Å². The highest BCUT2D eigenvalue weighted by atomic mass is 19.3. The number of carbonyl (C=O) groups is 1. The Morgan fingerprint density at radius 1 is 1.14 bits per heavy atom. The first-order chi connectivity index (χ1) is 16.9. The number of fused-ring (bicyclic) bond motifs is 5. The van der Waals surface area contributed by atoms with Crippen molar-refractivity contribution in [1.82, 2.24) is 0 Å². The SMILES string of the molecule is C[C@]12CC[C@@H]3c4ccc(OCc5ccccc5)cc4CC[C@H]3[C@@H]1C(CCCC(=O)O)CC2=C(F)F. The van der Waals surface area contributed by atoms with Crippen molar-refractivity contribution >= 4 is 5.97 Å². The number of aliphatic carboxylic acids is 1. The van der Waals surface area contributed by atoms with Crippen LogP contribution in [0.15, 0.2) is 60.2 Å². The zero-order valence-corrected chi connectivity index (χ0v) is 20.3. The molecule has 2 fully saturated rings. The fourth-order valence-corrected chi connectivity index (χ4v) is 7.57. The number of allylic oxidation sites excluding steroid dienone is 1. The van der Waals surface area contributed by atoms with E-state index in [1.807, 2.05) is 18.2 Å². The molecule has 5 heteroatoms. The van der Waals surface area contributed by atoms with Crippen molar-refractivity contribution in [3.05, 3.63) is 76.9 Å². The third kappa shape index (κ3) is 4.62. The Balaban J connectivity index is 1.37. The van der Waals surface area contributed by atoms with E-state index in [1.54, 1.807) is 0 Å². The van der Waals surface area contributed by atoms with Crippen LogP contribution in [0.25, 0.3) is 0 Å². The number of hydrogen-bond donors (Lipinski definition) is 1. The molecular weight excluding hydrogens is 446 g/mol. The highest BCUT2D eigenvalue weighted by Crippen LogP contribution is 2.66. The van der Waals surface area contributed by atoms with Gasteiger partial charge in [-0.25, -0.2) is 0 Å². The van der Waals surface area contributed by atoms with Gasteiger partial charge >= 0.3 is 5.97 Å². The van der Waals surface area contributed by atoms with Gasteiger partial charge in [0.05, 0.1) is 0 Å². The molecule has 0 bridgehead atoms. The first kappa shape index (κ1) is 24.0. The summed E-state index contributed by atoms with van der Waals surface area (Å²) in [6, 6.07) is 16.6. The molecular formula is C30H34F2O3. The third-order valence-corrected chi connectivity index (χ3v) is 9.05. The van der Waals surface area contributed by atoms with Gasteiger partial charge in [-0.15, -0.1) is 0 Å². The quantitative estimate of drug-likeness (QED) is 0.441.